The third-order valence-corrected chi connectivity index (χ3v) is 14.6. The molecule has 0 spiro atoms. The normalized spacial score (nSPS) is 12.6. The second-order valence-electron chi connectivity index (χ2n) is 22.4. The Kier molecular flexibility index (Phi) is 63.2. The molecule has 0 heterocycles. The summed E-state index contributed by atoms with van der Waals surface area (Å²) in [6.07, 6.45) is 87.6. The van der Waals surface area contributed by atoms with Crippen LogP contribution in [0.1, 0.15) is 335 Å². The molecule has 1 atom stereocenters. The molecule has 6 nitrogen and oxygen atoms in total. The van der Waals surface area contributed by atoms with Gasteiger partial charge in [0.1, 0.15) is 13.2 Å². The van der Waals surface area contributed by atoms with Gasteiger partial charge in [-0.3, -0.25) is 14.4 Å². The van der Waals surface area contributed by atoms with Crippen LogP contribution in [-0.4, -0.2) is 37.2 Å². The minimum absolute atomic E-state index is 0.101. The molecule has 1 unspecified atom stereocenters. The van der Waals surface area contributed by atoms with E-state index in [9.17, 15) is 14.4 Å². The molecule has 0 N–H and O–H groups in total. The molecule has 0 aromatic carbocycles. The van der Waals surface area contributed by atoms with Crippen LogP contribution in [0.3, 0.4) is 0 Å². The van der Waals surface area contributed by atoms with E-state index in [0.29, 0.717) is 19.3 Å². The fourth-order valence-corrected chi connectivity index (χ4v) is 9.63. The van der Waals surface area contributed by atoms with Crippen LogP contribution in [0.25, 0.3) is 0 Å². The van der Waals surface area contributed by atoms with Gasteiger partial charge in [-0.1, -0.05) is 311 Å². The molecule has 0 aromatic heterocycles. The zero-order valence-corrected chi connectivity index (χ0v) is 51.7. The van der Waals surface area contributed by atoms with E-state index in [1.807, 2.05) is 0 Å². The number of carbonyl (C=O) groups is 3. The second kappa shape index (κ2) is 66.1. The largest absolute Gasteiger partial charge is 0.462 e. The topological polar surface area (TPSA) is 78.9 Å². The van der Waals surface area contributed by atoms with Gasteiger partial charge in [-0.05, 0) is 89.9 Å². The molecule has 0 rings (SSSR count). The number of allylic oxidation sites excluding steroid dienone is 14. The van der Waals surface area contributed by atoms with Crippen molar-refractivity contribution in [2.75, 3.05) is 13.2 Å². The summed E-state index contributed by atoms with van der Waals surface area (Å²) >= 11 is 0. The fraction of sp³-hybridized carbons (Fsp3) is 0.764. The van der Waals surface area contributed by atoms with Crippen molar-refractivity contribution >= 4 is 17.9 Å². The number of carbonyl (C=O) groups excluding carboxylic acids is 3. The van der Waals surface area contributed by atoms with Crippen LogP contribution < -0.4 is 0 Å². The molecule has 0 saturated heterocycles. The third kappa shape index (κ3) is 63.4. The maximum absolute atomic E-state index is 12.9. The molecule has 0 saturated carbocycles. The highest BCUT2D eigenvalue weighted by Gasteiger charge is 2.19. The highest BCUT2D eigenvalue weighted by Crippen LogP contribution is 2.18. The molecule has 0 aliphatic heterocycles. The van der Waals surface area contributed by atoms with Crippen LogP contribution >= 0.6 is 0 Å². The first-order valence-corrected chi connectivity index (χ1v) is 33.6. The first-order valence-electron chi connectivity index (χ1n) is 33.6. The third-order valence-electron chi connectivity index (χ3n) is 14.6. The summed E-state index contributed by atoms with van der Waals surface area (Å²) < 4.78 is 16.9. The van der Waals surface area contributed by atoms with Crippen molar-refractivity contribution in [1.29, 1.82) is 0 Å². The SMILES string of the molecule is CC/C=C\C/C=C\C/C=C\C/C=C\C/C=C\CCCC(=O)OC(COC(=O)CCCCCCC/C=C\C/C=C\CCCCC)COC(=O)CCCCCCCCCCCCCCCCCCCCCCCCCCCCCC. The molecule has 0 aliphatic carbocycles. The van der Waals surface area contributed by atoms with Gasteiger partial charge in [0.25, 0.3) is 0 Å². The quantitative estimate of drug-likeness (QED) is 0.0261. The average molecular weight is 1090 g/mol. The molecule has 0 aliphatic rings. The summed E-state index contributed by atoms with van der Waals surface area (Å²) in [4.78, 5) is 38.3. The Morgan fingerprint density at radius 2 is 0.513 bits per heavy atom. The summed E-state index contributed by atoms with van der Waals surface area (Å²) in [7, 11) is 0. The van der Waals surface area contributed by atoms with Crippen molar-refractivity contribution in [2.24, 2.45) is 0 Å². The van der Waals surface area contributed by atoms with Gasteiger partial charge in [-0.25, -0.2) is 0 Å². The molecule has 450 valence electrons. The molecular formula is C72H126O6. The Hall–Kier alpha value is -3.41. The number of ether oxygens (including phenoxy) is 3. The van der Waals surface area contributed by atoms with Crippen molar-refractivity contribution in [2.45, 2.75) is 341 Å². The molecule has 6 heteroatoms. The molecule has 0 fully saturated rings. The standard InChI is InChI=1S/C72H126O6/c1-4-7-10-13-16-19-22-25-28-30-31-32-33-34-35-36-37-38-39-40-42-44-47-50-53-56-59-62-65-71(74)77-68-69(67-76-70(73)64-61-58-55-52-49-46-43-27-24-21-18-15-12-9-6-3)78-72(75)66-63-60-57-54-51-48-45-41-29-26-23-20-17-14-11-8-5-2/h8,11,17-18,20-21,26-27,29,43,45,48,54,57,69H,4-7,9-10,12-16,19,22-25,28,30-42,44,46-47,49-53,55-56,58-68H2,1-3H3/b11-8-,20-17-,21-18-,29-26-,43-27-,48-45-,57-54-. The Morgan fingerprint density at radius 3 is 0.846 bits per heavy atom. The smallest absolute Gasteiger partial charge is 0.306 e. The van der Waals surface area contributed by atoms with E-state index in [1.54, 1.807) is 0 Å². The monoisotopic (exact) mass is 1090 g/mol. The van der Waals surface area contributed by atoms with Crippen LogP contribution in [0.4, 0.5) is 0 Å². The van der Waals surface area contributed by atoms with Gasteiger partial charge in [0, 0.05) is 19.3 Å². The molecule has 0 radical (unpaired) electrons. The average Bonchev–Trinajstić information content (AvgIpc) is 3.44. The lowest BCUT2D eigenvalue weighted by Gasteiger charge is -2.18. The Labute approximate surface area is 484 Å². The van der Waals surface area contributed by atoms with Crippen molar-refractivity contribution < 1.29 is 28.6 Å². The zero-order valence-electron chi connectivity index (χ0n) is 51.7. The second-order valence-corrected chi connectivity index (χ2v) is 22.4. The van der Waals surface area contributed by atoms with Gasteiger partial charge >= 0.3 is 17.9 Å². The predicted molar refractivity (Wildman–Crippen MR) is 339 cm³/mol. The summed E-state index contributed by atoms with van der Waals surface area (Å²) in [6.45, 7) is 6.48. The Balaban J connectivity index is 4.30. The minimum Gasteiger partial charge on any atom is -0.462 e. The highest BCUT2D eigenvalue weighted by atomic mass is 16.6. The summed E-state index contributed by atoms with van der Waals surface area (Å²) in [5.41, 5.74) is 0. The summed E-state index contributed by atoms with van der Waals surface area (Å²) in [6, 6.07) is 0. The van der Waals surface area contributed by atoms with Gasteiger partial charge in [0.15, 0.2) is 6.10 Å². The first kappa shape index (κ1) is 74.6. The Morgan fingerprint density at radius 1 is 0.269 bits per heavy atom. The number of hydrogen-bond donors (Lipinski definition) is 0. The lowest BCUT2D eigenvalue weighted by molar-refractivity contribution is -0.167. The molecule has 0 amide bonds. The van der Waals surface area contributed by atoms with E-state index >= 15 is 0 Å². The van der Waals surface area contributed by atoms with Crippen LogP contribution in [0.5, 0.6) is 0 Å². The lowest BCUT2D eigenvalue weighted by atomic mass is 10.0. The highest BCUT2D eigenvalue weighted by molar-refractivity contribution is 5.71. The number of esters is 3. The van der Waals surface area contributed by atoms with Crippen molar-refractivity contribution in [3.8, 4) is 0 Å². The minimum atomic E-state index is -0.813. The van der Waals surface area contributed by atoms with E-state index in [0.717, 1.165) is 103 Å². The maximum atomic E-state index is 12.9. The van der Waals surface area contributed by atoms with Gasteiger partial charge in [-0.2, -0.15) is 0 Å². The summed E-state index contributed by atoms with van der Waals surface area (Å²) in [5, 5.41) is 0. The van der Waals surface area contributed by atoms with Crippen molar-refractivity contribution in [3.05, 3.63) is 85.1 Å². The summed E-state index contributed by atoms with van der Waals surface area (Å²) in [5.74, 6) is -0.961. The van der Waals surface area contributed by atoms with E-state index < -0.39 is 6.10 Å². The molecule has 0 bridgehead atoms. The Bertz CT molecular complexity index is 1480. The van der Waals surface area contributed by atoms with Crippen LogP contribution in [0.15, 0.2) is 85.1 Å². The van der Waals surface area contributed by atoms with E-state index in [1.165, 1.54) is 186 Å². The van der Waals surface area contributed by atoms with Gasteiger partial charge in [0.05, 0.1) is 0 Å². The number of rotatable bonds is 61. The number of hydrogen-bond acceptors (Lipinski definition) is 6. The van der Waals surface area contributed by atoms with Gasteiger partial charge in [-0.15, -0.1) is 0 Å². The molecule has 78 heavy (non-hydrogen) atoms. The van der Waals surface area contributed by atoms with Gasteiger partial charge < -0.3 is 14.2 Å². The molecular weight excluding hydrogens is 961 g/mol. The fourth-order valence-electron chi connectivity index (χ4n) is 9.63. The van der Waals surface area contributed by atoms with E-state index in [-0.39, 0.29) is 37.5 Å². The van der Waals surface area contributed by atoms with Crippen LogP contribution in [-0.2, 0) is 28.6 Å². The van der Waals surface area contributed by atoms with Crippen LogP contribution in [0, 0.1) is 0 Å². The van der Waals surface area contributed by atoms with Gasteiger partial charge in [0.2, 0.25) is 0 Å². The van der Waals surface area contributed by atoms with Crippen LogP contribution in [0.2, 0.25) is 0 Å². The van der Waals surface area contributed by atoms with E-state index in [2.05, 4.69) is 106 Å². The number of unbranched alkanes of at least 4 members (excludes halogenated alkanes) is 36. The zero-order chi connectivity index (χ0) is 56.4. The van der Waals surface area contributed by atoms with Crippen molar-refractivity contribution in [3.63, 3.8) is 0 Å². The first-order chi connectivity index (χ1) is 38.5. The molecule has 0 aromatic rings. The predicted octanol–water partition coefficient (Wildman–Crippen LogP) is 23.1. The van der Waals surface area contributed by atoms with Crippen molar-refractivity contribution in [1.82, 2.24) is 0 Å². The van der Waals surface area contributed by atoms with E-state index in [4.69, 9.17) is 14.2 Å². The lowest BCUT2D eigenvalue weighted by Crippen LogP contribution is -2.30. The maximum Gasteiger partial charge on any atom is 0.306 e.